The number of nitrogens with zero attached hydrogens (tertiary/aromatic N) is 1. The van der Waals surface area contributed by atoms with E-state index in [1.165, 1.54) is 11.8 Å². The van der Waals surface area contributed by atoms with Gasteiger partial charge < -0.3 is 5.32 Å². The van der Waals surface area contributed by atoms with Crippen LogP contribution < -0.4 is 5.32 Å². The molecule has 1 unspecified atom stereocenters. The van der Waals surface area contributed by atoms with Crippen LogP contribution >= 0.6 is 23.4 Å². The van der Waals surface area contributed by atoms with E-state index in [2.05, 4.69) is 11.4 Å². The molecule has 23 heavy (non-hydrogen) atoms. The zero-order valence-corrected chi connectivity index (χ0v) is 14.5. The molecule has 0 spiro atoms. The minimum Gasteiger partial charge on any atom is -0.325 e. The van der Waals surface area contributed by atoms with E-state index >= 15 is 0 Å². The van der Waals surface area contributed by atoms with Crippen LogP contribution in [0.5, 0.6) is 0 Å². The smallest absolute Gasteiger partial charge is 0.237 e. The number of carbonyl (C=O) groups is 1. The molecular formula is C18H17ClN2OS. The molecule has 0 aliphatic heterocycles. The average molecular weight is 345 g/mol. The first kappa shape index (κ1) is 17.4. The number of carbonyl (C=O) groups excluding carboxylic acids is 1. The molecule has 0 radical (unpaired) electrons. The number of hydrogen-bond acceptors (Lipinski definition) is 3. The summed E-state index contributed by atoms with van der Waals surface area (Å²) >= 11 is 7.60. The van der Waals surface area contributed by atoms with Crippen molar-refractivity contribution < 1.29 is 4.79 Å². The molecule has 0 saturated heterocycles. The van der Waals surface area contributed by atoms with Gasteiger partial charge in [0.2, 0.25) is 5.91 Å². The second-order valence-corrected chi connectivity index (χ2v) is 6.90. The first-order valence-electron chi connectivity index (χ1n) is 7.18. The van der Waals surface area contributed by atoms with Gasteiger partial charge in [-0.1, -0.05) is 29.8 Å². The Morgan fingerprint density at radius 2 is 2.09 bits per heavy atom. The highest BCUT2D eigenvalue weighted by molar-refractivity contribution is 7.99. The Morgan fingerprint density at radius 1 is 1.35 bits per heavy atom. The van der Waals surface area contributed by atoms with Crippen molar-refractivity contribution in [3.8, 4) is 6.07 Å². The van der Waals surface area contributed by atoms with Gasteiger partial charge in [0.1, 0.15) is 0 Å². The second-order valence-electron chi connectivity index (χ2n) is 5.17. The third-order valence-electron chi connectivity index (χ3n) is 3.45. The van der Waals surface area contributed by atoms with Gasteiger partial charge in [-0.05, 0) is 49.2 Å². The minimum absolute atomic E-state index is 0.0585. The molecule has 0 aromatic heterocycles. The predicted octanol–water partition coefficient (Wildman–Crippen LogP) is 4.78. The van der Waals surface area contributed by atoms with E-state index in [0.717, 1.165) is 16.8 Å². The number of rotatable bonds is 5. The first-order chi connectivity index (χ1) is 11.0. The topological polar surface area (TPSA) is 52.9 Å². The number of nitriles is 1. The summed E-state index contributed by atoms with van der Waals surface area (Å²) in [5, 5.41) is 12.2. The molecule has 0 aliphatic rings. The lowest BCUT2D eigenvalue weighted by Gasteiger charge is -2.14. The zero-order chi connectivity index (χ0) is 16.8. The summed E-state index contributed by atoms with van der Waals surface area (Å²) in [7, 11) is 0. The van der Waals surface area contributed by atoms with Crippen LogP contribution in [0.4, 0.5) is 5.69 Å². The molecule has 5 heteroatoms. The molecule has 2 aromatic carbocycles. The van der Waals surface area contributed by atoms with Crippen molar-refractivity contribution >= 4 is 35.0 Å². The van der Waals surface area contributed by atoms with Crippen molar-refractivity contribution in [1.82, 2.24) is 0 Å². The van der Waals surface area contributed by atoms with E-state index in [1.54, 1.807) is 12.1 Å². The predicted molar refractivity (Wildman–Crippen MR) is 96.7 cm³/mol. The van der Waals surface area contributed by atoms with Gasteiger partial charge in [0, 0.05) is 16.5 Å². The van der Waals surface area contributed by atoms with Crippen LogP contribution in [0.3, 0.4) is 0 Å². The summed E-state index contributed by atoms with van der Waals surface area (Å²) < 4.78 is 0. The van der Waals surface area contributed by atoms with Crippen molar-refractivity contribution in [2.45, 2.75) is 24.9 Å². The van der Waals surface area contributed by atoms with E-state index < -0.39 is 0 Å². The summed E-state index contributed by atoms with van der Waals surface area (Å²) in [6.45, 7) is 3.75. The van der Waals surface area contributed by atoms with E-state index in [1.807, 2.05) is 44.2 Å². The Bertz CT molecular complexity index is 755. The van der Waals surface area contributed by atoms with Gasteiger partial charge in [-0.15, -0.1) is 11.8 Å². The zero-order valence-electron chi connectivity index (χ0n) is 13.0. The molecule has 0 fully saturated rings. The lowest BCUT2D eigenvalue weighted by atomic mass is 10.2. The fraction of sp³-hybridized carbons (Fsp3) is 0.222. The molecule has 0 saturated carbocycles. The van der Waals surface area contributed by atoms with Crippen LogP contribution in [0, 0.1) is 18.3 Å². The molecule has 2 aromatic rings. The first-order valence-corrected chi connectivity index (χ1v) is 8.60. The van der Waals surface area contributed by atoms with Crippen molar-refractivity contribution in [1.29, 1.82) is 5.26 Å². The van der Waals surface area contributed by atoms with Crippen LogP contribution in [0.2, 0.25) is 5.02 Å². The molecule has 0 aliphatic carbocycles. The van der Waals surface area contributed by atoms with E-state index in [9.17, 15) is 4.79 Å². The van der Waals surface area contributed by atoms with Crippen LogP contribution in [-0.2, 0) is 10.5 Å². The van der Waals surface area contributed by atoms with Crippen LogP contribution in [-0.4, -0.2) is 11.2 Å². The molecule has 0 bridgehead atoms. The Labute approximate surface area is 145 Å². The maximum Gasteiger partial charge on any atom is 0.237 e. The largest absolute Gasteiger partial charge is 0.325 e. The van der Waals surface area contributed by atoms with Gasteiger partial charge in [-0.3, -0.25) is 4.79 Å². The number of hydrogen-bond donors (Lipinski definition) is 1. The molecule has 2 rings (SSSR count). The second kappa shape index (κ2) is 8.05. The third-order valence-corrected chi connectivity index (χ3v) is 5.07. The maximum atomic E-state index is 12.3. The number of thioether (sulfide) groups is 1. The summed E-state index contributed by atoms with van der Waals surface area (Å²) in [4.78, 5) is 12.3. The Balaban J connectivity index is 1.95. The van der Waals surface area contributed by atoms with Gasteiger partial charge in [-0.25, -0.2) is 0 Å². The third kappa shape index (κ3) is 4.75. The Kier molecular flexibility index (Phi) is 6.09. The standard InChI is InChI=1S/C18H17ClN2OS/c1-12-16(19)7-4-8-17(12)21-18(22)13(2)23-11-15-6-3-5-14(9-15)10-20/h3-9,13H,11H2,1-2H3,(H,21,22). The number of amides is 1. The van der Waals surface area contributed by atoms with Crippen LogP contribution in [0.25, 0.3) is 0 Å². The maximum absolute atomic E-state index is 12.3. The minimum atomic E-state index is -0.209. The number of halogens is 1. The Hall–Kier alpha value is -1.96. The summed E-state index contributed by atoms with van der Waals surface area (Å²) in [5.41, 5.74) is 3.27. The van der Waals surface area contributed by atoms with Gasteiger partial charge in [0.25, 0.3) is 0 Å². The molecule has 3 nitrogen and oxygen atoms in total. The van der Waals surface area contributed by atoms with Crippen LogP contribution in [0.15, 0.2) is 42.5 Å². The fourth-order valence-corrected chi connectivity index (χ4v) is 3.01. The normalized spacial score (nSPS) is 11.6. The van der Waals surface area contributed by atoms with Gasteiger partial charge in [0.05, 0.1) is 16.9 Å². The Morgan fingerprint density at radius 3 is 2.83 bits per heavy atom. The van der Waals surface area contributed by atoms with E-state index in [4.69, 9.17) is 16.9 Å². The molecular weight excluding hydrogens is 328 g/mol. The molecule has 118 valence electrons. The molecule has 1 N–H and O–H groups in total. The van der Waals surface area contributed by atoms with Crippen LogP contribution in [0.1, 0.15) is 23.6 Å². The lowest BCUT2D eigenvalue weighted by molar-refractivity contribution is -0.115. The summed E-state index contributed by atoms with van der Waals surface area (Å²) in [5.74, 6) is 0.621. The van der Waals surface area contributed by atoms with Gasteiger partial charge >= 0.3 is 0 Å². The SMILES string of the molecule is Cc1c(Cl)cccc1NC(=O)C(C)SCc1cccc(C#N)c1. The monoisotopic (exact) mass is 344 g/mol. The number of nitrogens with one attached hydrogen (secondary N) is 1. The van der Waals surface area contributed by atoms with Gasteiger partial charge in [0.15, 0.2) is 0 Å². The van der Waals surface area contributed by atoms with E-state index in [-0.39, 0.29) is 11.2 Å². The molecule has 1 amide bonds. The van der Waals surface area contributed by atoms with Crippen molar-refractivity contribution in [3.05, 3.63) is 64.2 Å². The van der Waals surface area contributed by atoms with Gasteiger partial charge in [-0.2, -0.15) is 5.26 Å². The molecule has 1 atom stereocenters. The number of benzene rings is 2. The highest BCUT2D eigenvalue weighted by atomic mass is 35.5. The van der Waals surface area contributed by atoms with E-state index in [0.29, 0.717) is 16.3 Å². The highest BCUT2D eigenvalue weighted by Crippen LogP contribution is 2.25. The van der Waals surface area contributed by atoms with Crippen molar-refractivity contribution in [2.24, 2.45) is 0 Å². The van der Waals surface area contributed by atoms with Crippen molar-refractivity contribution in [2.75, 3.05) is 5.32 Å². The summed E-state index contributed by atoms with van der Waals surface area (Å²) in [6, 6.07) is 15.0. The summed E-state index contributed by atoms with van der Waals surface area (Å²) in [6.07, 6.45) is 0. The molecule has 0 heterocycles. The quantitative estimate of drug-likeness (QED) is 0.849. The van der Waals surface area contributed by atoms with Crippen molar-refractivity contribution in [3.63, 3.8) is 0 Å². The fourth-order valence-electron chi connectivity index (χ4n) is 2.00. The highest BCUT2D eigenvalue weighted by Gasteiger charge is 2.15. The average Bonchev–Trinajstić information content (AvgIpc) is 2.57. The lowest BCUT2D eigenvalue weighted by Crippen LogP contribution is -2.23. The number of anilines is 1.